The second kappa shape index (κ2) is 8.11. The molecule has 6 nitrogen and oxygen atoms in total. The van der Waals surface area contributed by atoms with Gasteiger partial charge < -0.3 is 19.1 Å². The zero-order valence-electron chi connectivity index (χ0n) is 14.7. The Kier molecular flexibility index (Phi) is 6.38. The summed E-state index contributed by atoms with van der Waals surface area (Å²) >= 11 is 5.75. The molecule has 1 aromatic rings. The molecule has 1 aliphatic rings. The number of methoxy groups -OCH3 is 2. The van der Waals surface area contributed by atoms with Gasteiger partial charge in [0.25, 0.3) is 0 Å². The molecule has 0 bridgehead atoms. The van der Waals surface area contributed by atoms with Gasteiger partial charge in [0.1, 0.15) is 12.4 Å². The number of benzene rings is 1. The molecule has 0 unspecified atom stereocenters. The van der Waals surface area contributed by atoms with Crippen molar-refractivity contribution in [1.29, 1.82) is 0 Å². The van der Waals surface area contributed by atoms with E-state index in [4.69, 9.17) is 16.3 Å². The lowest BCUT2D eigenvalue weighted by molar-refractivity contribution is -0.143. The minimum absolute atomic E-state index is 0.153. The van der Waals surface area contributed by atoms with E-state index < -0.39 is 70.7 Å². The van der Waals surface area contributed by atoms with E-state index in [1.165, 1.54) is 0 Å². The first-order valence-electron chi connectivity index (χ1n) is 7.55. The summed E-state index contributed by atoms with van der Waals surface area (Å²) in [4.78, 5) is 24.7. The summed E-state index contributed by atoms with van der Waals surface area (Å²) in [6, 6.07) is 0.156. The molecule has 0 aromatic heterocycles. The lowest BCUT2D eigenvalue weighted by Gasteiger charge is -2.32. The van der Waals surface area contributed by atoms with Crippen molar-refractivity contribution in [3.63, 3.8) is 0 Å². The molecule has 1 aromatic carbocycles. The van der Waals surface area contributed by atoms with Crippen LogP contribution in [-0.2, 0) is 36.2 Å². The fourth-order valence-electron chi connectivity index (χ4n) is 2.51. The summed E-state index contributed by atoms with van der Waals surface area (Å²) in [6.07, 6.45) is -10.4. The molecule has 0 atom stereocenters. The minimum atomic E-state index is -5.23. The number of hydrogen-bond acceptors (Lipinski definition) is 6. The van der Waals surface area contributed by atoms with Crippen molar-refractivity contribution in [2.24, 2.45) is 0 Å². The quantitative estimate of drug-likeness (QED) is 0.519. The second-order valence-corrected chi connectivity index (χ2v) is 5.95. The molecule has 13 heteroatoms. The highest BCUT2D eigenvalue weighted by atomic mass is 35.5. The molecule has 0 amide bonds. The van der Waals surface area contributed by atoms with E-state index in [0.717, 1.165) is 14.2 Å². The standard InChI is InChI=1S/C16H12ClF6NO5/c1-27-13(25)8-5-29-6-24(12(8)14(26)28-2)10-4-7(15(18,19)20)3-9(11(10)17)16(21,22)23/h3-4H,5-6H2,1-2H3. The Morgan fingerprint density at radius 1 is 1.03 bits per heavy atom. The lowest BCUT2D eigenvalue weighted by atomic mass is 10.1. The molecular formula is C16H12ClF6NO5. The van der Waals surface area contributed by atoms with Gasteiger partial charge in [-0.3, -0.25) is 0 Å². The van der Waals surface area contributed by atoms with E-state index >= 15 is 0 Å². The van der Waals surface area contributed by atoms with Gasteiger partial charge in [-0.25, -0.2) is 9.59 Å². The summed E-state index contributed by atoms with van der Waals surface area (Å²) < 4.78 is 93.4. The lowest BCUT2D eigenvalue weighted by Crippen LogP contribution is -2.39. The molecule has 0 radical (unpaired) electrons. The molecule has 0 saturated carbocycles. The van der Waals surface area contributed by atoms with E-state index in [0.29, 0.717) is 11.0 Å². The van der Waals surface area contributed by atoms with Gasteiger partial charge in [0.2, 0.25) is 0 Å². The molecule has 0 fully saturated rings. The molecule has 0 spiro atoms. The smallest absolute Gasteiger partial charge is 0.417 e. The number of rotatable bonds is 3. The van der Waals surface area contributed by atoms with Crippen molar-refractivity contribution in [3.05, 3.63) is 39.6 Å². The maximum absolute atomic E-state index is 13.3. The van der Waals surface area contributed by atoms with E-state index in [-0.39, 0.29) is 6.07 Å². The molecule has 2 rings (SSSR count). The van der Waals surface area contributed by atoms with Crippen LogP contribution in [0.1, 0.15) is 11.1 Å². The Morgan fingerprint density at radius 3 is 2.10 bits per heavy atom. The monoisotopic (exact) mass is 447 g/mol. The number of halogens is 7. The maximum Gasteiger partial charge on any atom is 0.417 e. The topological polar surface area (TPSA) is 65.1 Å². The van der Waals surface area contributed by atoms with Gasteiger partial charge in [0, 0.05) is 0 Å². The SMILES string of the molecule is COC(=O)C1=C(C(=O)OC)N(c2cc(C(F)(F)F)cc(C(F)(F)F)c2Cl)COC1. The summed E-state index contributed by atoms with van der Waals surface area (Å²) in [5.74, 6) is -2.30. The van der Waals surface area contributed by atoms with E-state index in [1.54, 1.807) is 0 Å². The first-order valence-corrected chi connectivity index (χ1v) is 7.93. The average molecular weight is 448 g/mol. The largest absolute Gasteiger partial charge is 0.466 e. The second-order valence-electron chi connectivity index (χ2n) is 5.57. The van der Waals surface area contributed by atoms with Crippen molar-refractivity contribution < 1.29 is 50.1 Å². The van der Waals surface area contributed by atoms with Gasteiger partial charge in [0.05, 0.1) is 48.2 Å². The van der Waals surface area contributed by atoms with E-state index in [1.807, 2.05) is 0 Å². The van der Waals surface area contributed by atoms with Crippen molar-refractivity contribution >= 4 is 29.2 Å². The van der Waals surface area contributed by atoms with Gasteiger partial charge in [0.15, 0.2) is 0 Å². The zero-order chi connectivity index (χ0) is 22.1. The Balaban J connectivity index is 2.83. The Bertz CT molecular complexity index is 865. The highest BCUT2D eigenvalue weighted by molar-refractivity contribution is 6.34. The first-order chi connectivity index (χ1) is 13.3. The number of ether oxygens (including phenoxy) is 3. The molecule has 29 heavy (non-hydrogen) atoms. The predicted octanol–water partition coefficient (Wildman–Crippen LogP) is 3.77. The third-order valence-corrected chi connectivity index (χ3v) is 4.21. The number of anilines is 1. The van der Waals surface area contributed by atoms with Gasteiger partial charge >= 0.3 is 24.3 Å². The predicted molar refractivity (Wildman–Crippen MR) is 85.8 cm³/mol. The molecule has 0 N–H and O–H groups in total. The number of carbonyl (C=O) groups is 2. The third-order valence-electron chi connectivity index (χ3n) is 3.81. The van der Waals surface area contributed by atoms with Crippen molar-refractivity contribution in [2.75, 3.05) is 32.5 Å². The highest BCUT2D eigenvalue weighted by Gasteiger charge is 2.42. The first kappa shape index (κ1) is 22.8. The Morgan fingerprint density at radius 2 is 1.62 bits per heavy atom. The Hall–Kier alpha value is -2.47. The van der Waals surface area contributed by atoms with Crippen LogP contribution in [0, 0.1) is 0 Å². The highest BCUT2D eigenvalue weighted by Crippen LogP contribution is 2.45. The van der Waals surface area contributed by atoms with Crippen LogP contribution in [0.25, 0.3) is 0 Å². The van der Waals surface area contributed by atoms with Crippen molar-refractivity contribution in [2.45, 2.75) is 12.4 Å². The molecular weight excluding hydrogens is 436 g/mol. The molecule has 0 aliphatic carbocycles. The van der Waals surface area contributed by atoms with Crippen LogP contribution < -0.4 is 4.90 Å². The van der Waals surface area contributed by atoms with Crippen LogP contribution in [0.4, 0.5) is 32.0 Å². The number of carbonyl (C=O) groups excluding carboxylic acids is 2. The zero-order valence-corrected chi connectivity index (χ0v) is 15.5. The normalized spacial score (nSPS) is 15.4. The van der Waals surface area contributed by atoms with E-state index in [2.05, 4.69) is 9.47 Å². The Labute approximate surface area is 164 Å². The van der Waals surface area contributed by atoms with Crippen LogP contribution in [0.3, 0.4) is 0 Å². The van der Waals surface area contributed by atoms with Crippen LogP contribution >= 0.6 is 11.6 Å². The maximum atomic E-state index is 13.3. The number of esters is 2. The third kappa shape index (κ3) is 4.58. The van der Waals surface area contributed by atoms with Gasteiger partial charge in [-0.15, -0.1) is 0 Å². The fourth-order valence-corrected chi connectivity index (χ4v) is 2.83. The molecule has 160 valence electrons. The number of alkyl halides is 6. The molecule has 1 heterocycles. The van der Waals surface area contributed by atoms with Crippen LogP contribution in [0.5, 0.6) is 0 Å². The molecule has 0 saturated heterocycles. The van der Waals surface area contributed by atoms with Gasteiger partial charge in [-0.05, 0) is 12.1 Å². The van der Waals surface area contributed by atoms with Gasteiger partial charge in [-0.2, -0.15) is 26.3 Å². The van der Waals surface area contributed by atoms with Crippen molar-refractivity contribution in [1.82, 2.24) is 0 Å². The number of nitrogens with zero attached hydrogens (tertiary/aromatic N) is 1. The van der Waals surface area contributed by atoms with Crippen molar-refractivity contribution in [3.8, 4) is 0 Å². The minimum Gasteiger partial charge on any atom is -0.466 e. The van der Waals surface area contributed by atoms with Crippen LogP contribution in [-0.4, -0.2) is 39.5 Å². The summed E-state index contributed by atoms with van der Waals surface area (Å²) in [5.41, 5.74) is -5.42. The summed E-state index contributed by atoms with van der Waals surface area (Å²) in [6.45, 7) is -1.17. The summed E-state index contributed by atoms with van der Waals surface area (Å²) in [7, 11) is 1.87. The van der Waals surface area contributed by atoms with Crippen LogP contribution in [0.2, 0.25) is 5.02 Å². The number of hydrogen-bond donors (Lipinski definition) is 0. The fraction of sp³-hybridized carbons (Fsp3) is 0.375. The molecule has 1 aliphatic heterocycles. The summed E-state index contributed by atoms with van der Waals surface area (Å²) in [5, 5.41) is -1.12. The van der Waals surface area contributed by atoms with E-state index in [9.17, 15) is 35.9 Å². The van der Waals surface area contributed by atoms with Gasteiger partial charge in [-0.1, -0.05) is 11.6 Å². The van der Waals surface area contributed by atoms with Crippen LogP contribution in [0.15, 0.2) is 23.4 Å². The average Bonchev–Trinajstić information content (AvgIpc) is 2.64.